The average molecular weight is 323 g/mol. The second-order valence-electron chi connectivity index (χ2n) is 6.62. The number of aromatic nitrogens is 2. The highest BCUT2D eigenvalue weighted by molar-refractivity contribution is 8.00. The molecule has 1 saturated carbocycles. The molecule has 0 amide bonds. The minimum Gasteiger partial charge on any atom is -0.353 e. The van der Waals surface area contributed by atoms with E-state index < -0.39 is 0 Å². The minimum atomic E-state index is 0.316. The van der Waals surface area contributed by atoms with Gasteiger partial charge in [-0.3, -0.25) is 4.40 Å². The molecule has 1 N–H and O–H groups in total. The number of fused-ring (bicyclic) bond motifs is 1. The SMILES string of the molecule is CC1(C)CN(c2nc3sccn3c2CNC2CC2)CCS1. The molecule has 0 atom stereocenters. The Bertz CT molecular complexity index is 641. The van der Waals surface area contributed by atoms with Gasteiger partial charge in [0.15, 0.2) is 10.8 Å². The highest BCUT2D eigenvalue weighted by Crippen LogP contribution is 2.34. The van der Waals surface area contributed by atoms with Crippen LogP contribution in [0.3, 0.4) is 0 Å². The maximum atomic E-state index is 4.92. The van der Waals surface area contributed by atoms with Gasteiger partial charge in [0, 0.05) is 47.8 Å². The van der Waals surface area contributed by atoms with E-state index in [4.69, 9.17) is 4.98 Å². The third kappa shape index (κ3) is 2.81. The van der Waals surface area contributed by atoms with Crippen LogP contribution >= 0.6 is 23.1 Å². The van der Waals surface area contributed by atoms with E-state index in [9.17, 15) is 0 Å². The molecular formula is C15H22N4S2. The fraction of sp³-hybridized carbons (Fsp3) is 0.667. The number of imidazole rings is 1. The van der Waals surface area contributed by atoms with Crippen molar-refractivity contribution in [1.29, 1.82) is 0 Å². The molecule has 0 bridgehead atoms. The van der Waals surface area contributed by atoms with Crippen LogP contribution in [-0.4, -0.2) is 39.0 Å². The van der Waals surface area contributed by atoms with Gasteiger partial charge in [0.1, 0.15) is 0 Å². The Labute approximate surface area is 133 Å². The number of nitrogens with zero attached hydrogens (tertiary/aromatic N) is 3. The molecule has 1 aliphatic heterocycles. The van der Waals surface area contributed by atoms with Gasteiger partial charge in [-0.1, -0.05) is 0 Å². The largest absolute Gasteiger partial charge is 0.353 e. The van der Waals surface area contributed by atoms with E-state index in [-0.39, 0.29) is 0 Å². The molecule has 21 heavy (non-hydrogen) atoms. The predicted molar refractivity (Wildman–Crippen MR) is 91.7 cm³/mol. The summed E-state index contributed by atoms with van der Waals surface area (Å²) in [5.41, 5.74) is 1.33. The molecule has 3 heterocycles. The smallest absolute Gasteiger partial charge is 0.195 e. The van der Waals surface area contributed by atoms with Gasteiger partial charge in [-0.15, -0.1) is 11.3 Å². The molecule has 4 nitrogen and oxygen atoms in total. The summed E-state index contributed by atoms with van der Waals surface area (Å²) in [6.45, 7) is 7.80. The van der Waals surface area contributed by atoms with Crippen LogP contribution in [-0.2, 0) is 6.54 Å². The molecule has 1 aliphatic carbocycles. The van der Waals surface area contributed by atoms with Gasteiger partial charge in [-0.2, -0.15) is 11.8 Å². The van der Waals surface area contributed by atoms with Crippen molar-refractivity contribution in [2.45, 2.75) is 44.0 Å². The van der Waals surface area contributed by atoms with Gasteiger partial charge in [0.25, 0.3) is 0 Å². The lowest BCUT2D eigenvalue weighted by Gasteiger charge is -2.38. The molecule has 2 fully saturated rings. The molecule has 6 heteroatoms. The summed E-state index contributed by atoms with van der Waals surface area (Å²) in [7, 11) is 0. The quantitative estimate of drug-likeness (QED) is 0.938. The van der Waals surface area contributed by atoms with Gasteiger partial charge in [0.05, 0.1) is 5.69 Å². The van der Waals surface area contributed by atoms with Crippen molar-refractivity contribution in [2.24, 2.45) is 0 Å². The number of nitrogens with one attached hydrogen (secondary N) is 1. The average Bonchev–Trinajstić information content (AvgIpc) is 3.03. The molecule has 114 valence electrons. The van der Waals surface area contributed by atoms with Crippen molar-refractivity contribution in [3.8, 4) is 0 Å². The summed E-state index contributed by atoms with van der Waals surface area (Å²) in [6.07, 6.45) is 4.81. The van der Waals surface area contributed by atoms with Gasteiger partial charge >= 0.3 is 0 Å². The van der Waals surface area contributed by atoms with E-state index in [2.05, 4.69) is 51.8 Å². The Morgan fingerprint density at radius 1 is 1.43 bits per heavy atom. The molecular weight excluding hydrogens is 300 g/mol. The minimum absolute atomic E-state index is 0.316. The number of rotatable bonds is 4. The molecule has 0 aromatic carbocycles. The summed E-state index contributed by atoms with van der Waals surface area (Å²) in [5, 5.41) is 5.78. The highest BCUT2D eigenvalue weighted by Gasteiger charge is 2.30. The van der Waals surface area contributed by atoms with Crippen LogP contribution in [0.4, 0.5) is 5.82 Å². The van der Waals surface area contributed by atoms with Crippen molar-refractivity contribution >= 4 is 33.9 Å². The maximum absolute atomic E-state index is 4.92. The maximum Gasteiger partial charge on any atom is 0.195 e. The first-order valence-corrected chi connectivity index (χ1v) is 9.56. The molecule has 2 aromatic heterocycles. The molecule has 1 saturated heterocycles. The lowest BCUT2D eigenvalue weighted by molar-refractivity contribution is 0.630. The first-order chi connectivity index (χ1) is 10.1. The van der Waals surface area contributed by atoms with E-state index >= 15 is 0 Å². The molecule has 4 rings (SSSR count). The standard InChI is InChI=1S/C15H22N4S2/c1-15(2)10-18(5-8-21-15)13-12(9-16-11-3-4-11)19-6-7-20-14(19)17-13/h6-7,11,16H,3-5,8-10H2,1-2H3. The van der Waals surface area contributed by atoms with Crippen LogP contribution in [0.5, 0.6) is 0 Å². The Hall–Kier alpha value is -0.720. The summed E-state index contributed by atoms with van der Waals surface area (Å²) in [6, 6.07) is 0.732. The van der Waals surface area contributed by atoms with Crippen LogP contribution < -0.4 is 10.2 Å². The van der Waals surface area contributed by atoms with E-state index in [0.717, 1.165) is 30.6 Å². The zero-order valence-electron chi connectivity index (χ0n) is 12.6. The van der Waals surface area contributed by atoms with E-state index in [1.54, 1.807) is 11.3 Å². The number of hydrogen-bond acceptors (Lipinski definition) is 5. The second-order valence-corrected chi connectivity index (χ2v) is 9.30. The monoisotopic (exact) mass is 322 g/mol. The Morgan fingerprint density at radius 3 is 3.05 bits per heavy atom. The van der Waals surface area contributed by atoms with Gasteiger partial charge in [-0.05, 0) is 26.7 Å². The highest BCUT2D eigenvalue weighted by atomic mass is 32.2. The molecule has 2 aliphatic rings. The third-order valence-corrected chi connectivity index (χ3v) is 6.25. The van der Waals surface area contributed by atoms with Crippen LogP contribution in [0.1, 0.15) is 32.4 Å². The van der Waals surface area contributed by atoms with Crippen molar-refractivity contribution in [3.63, 3.8) is 0 Å². The van der Waals surface area contributed by atoms with Crippen LogP contribution in [0.25, 0.3) is 4.96 Å². The van der Waals surface area contributed by atoms with Crippen molar-refractivity contribution in [3.05, 3.63) is 17.3 Å². The molecule has 0 unspecified atom stereocenters. The summed E-state index contributed by atoms with van der Waals surface area (Å²) in [4.78, 5) is 8.52. The zero-order chi connectivity index (χ0) is 14.4. The van der Waals surface area contributed by atoms with Crippen molar-refractivity contribution < 1.29 is 0 Å². The first-order valence-electron chi connectivity index (χ1n) is 7.69. The van der Waals surface area contributed by atoms with E-state index in [0.29, 0.717) is 4.75 Å². The summed E-state index contributed by atoms with van der Waals surface area (Å²) >= 11 is 3.80. The number of thiazole rings is 1. The number of hydrogen-bond donors (Lipinski definition) is 1. The van der Waals surface area contributed by atoms with Crippen molar-refractivity contribution in [1.82, 2.24) is 14.7 Å². The second kappa shape index (κ2) is 5.18. The van der Waals surface area contributed by atoms with Gasteiger partial charge in [0.2, 0.25) is 0 Å². The van der Waals surface area contributed by atoms with Crippen LogP contribution in [0, 0.1) is 0 Å². The fourth-order valence-corrected chi connectivity index (χ4v) is 4.80. The lowest BCUT2D eigenvalue weighted by Crippen LogP contribution is -2.43. The normalized spacial score (nSPS) is 22.1. The predicted octanol–water partition coefficient (Wildman–Crippen LogP) is 2.98. The Balaban J connectivity index is 1.65. The van der Waals surface area contributed by atoms with Crippen LogP contribution in [0.15, 0.2) is 11.6 Å². The Morgan fingerprint density at radius 2 is 2.29 bits per heavy atom. The fourth-order valence-electron chi connectivity index (χ4n) is 2.96. The van der Waals surface area contributed by atoms with Crippen molar-refractivity contribution in [2.75, 3.05) is 23.7 Å². The molecule has 0 spiro atoms. The summed E-state index contributed by atoms with van der Waals surface area (Å²) in [5.74, 6) is 2.39. The van der Waals surface area contributed by atoms with Crippen LogP contribution in [0.2, 0.25) is 0 Å². The Kier molecular flexibility index (Phi) is 3.43. The summed E-state index contributed by atoms with van der Waals surface area (Å²) < 4.78 is 2.58. The number of thioether (sulfide) groups is 1. The zero-order valence-corrected chi connectivity index (χ0v) is 14.3. The molecule has 2 aromatic rings. The molecule has 0 radical (unpaired) electrons. The van der Waals surface area contributed by atoms with E-state index in [1.807, 2.05) is 0 Å². The van der Waals surface area contributed by atoms with Gasteiger partial charge in [-0.25, -0.2) is 4.98 Å². The first kappa shape index (κ1) is 13.9. The topological polar surface area (TPSA) is 32.6 Å². The lowest BCUT2D eigenvalue weighted by atomic mass is 10.2. The number of anilines is 1. The third-order valence-electron chi connectivity index (χ3n) is 4.20. The van der Waals surface area contributed by atoms with E-state index in [1.165, 1.54) is 30.1 Å². The van der Waals surface area contributed by atoms with Gasteiger partial charge < -0.3 is 10.2 Å².